The maximum atomic E-state index is 13.6. The van der Waals surface area contributed by atoms with E-state index in [1.807, 2.05) is 49.1 Å². The molecule has 2 aromatic carbocycles. The largest absolute Gasteiger partial charge is 0.307 e. The Morgan fingerprint density at radius 2 is 1.34 bits per heavy atom. The second kappa shape index (κ2) is 10.8. The van der Waals surface area contributed by atoms with Gasteiger partial charge in [0, 0.05) is 12.8 Å². The number of amides is 1. The van der Waals surface area contributed by atoms with Crippen molar-refractivity contribution in [3.8, 4) is 0 Å². The molecule has 32 heavy (non-hydrogen) atoms. The molecule has 0 aromatic heterocycles. The van der Waals surface area contributed by atoms with E-state index in [1.165, 1.54) is 0 Å². The highest BCUT2D eigenvalue weighted by molar-refractivity contribution is 5.97. The molecular weight excluding hydrogens is 394 g/mol. The zero-order valence-electron chi connectivity index (χ0n) is 20.9. The minimum Gasteiger partial charge on any atom is -0.307 e. The van der Waals surface area contributed by atoms with E-state index in [4.69, 9.17) is 0 Å². The van der Waals surface area contributed by atoms with Gasteiger partial charge in [-0.3, -0.25) is 4.79 Å². The fourth-order valence-corrected chi connectivity index (χ4v) is 4.97. The van der Waals surface area contributed by atoms with Gasteiger partial charge in [0.05, 0.1) is 12.2 Å². The number of para-hydroxylation sites is 1. The normalized spacial score (nSPS) is 14.2. The average Bonchev–Trinajstić information content (AvgIpc) is 2.68. The molecule has 0 radical (unpaired) electrons. The summed E-state index contributed by atoms with van der Waals surface area (Å²) in [4.78, 5) is 27.2. The van der Waals surface area contributed by atoms with Crippen molar-refractivity contribution >= 4 is 29.5 Å². The van der Waals surface area contributed by atoms with Gasteiger partial charge in [-0.2, -0.15) is 0 Å². The first-order valence-corrected chi connectivity index (χ1v) is 11.7. The fraction of sp³-hybridized carbons (Fsp3) is 0.448. The monoisotopic (exact) mass is 433 g/mol. The van der Waals surface area contributed by atoms with Gasteiger partial charge in [0.1, 0.15) is 5.78 Å². The molecular formula is C29H39NO2. The summed E-state index contributed by atoms with van der Waals surface area (Å²) >= 11 is 0. The number of carbonyl (C=O) groups is 2. The van der Waals surface area contributed by atoms with Crippen molar-refractivity contribution in [1.29, 1.82) is 0 Å². The molecule has 172 valence electrons. The Hall–Kier alpha value is -2.68. The Bertz CT molecular complexity index is 969. The van der Waals surface area contributed by atoms with E-state index in [0.717, 1.165) is 28.8 Å². The van der Waals surface area contributed by atoms with E-state index < -0.39 is 0 Å². The predicted molar refractivity (Wildman–Crippen MR) is 136 cm³/mol. The topological polar surface area (TPSA) is 37.4 Å². The van der Waals surface area contributed by atoms with Crippen LogP contribution in [0.3, 0.4) is 0 Å². The van der Waals surface area contributed by atoms with Gasteiger partial charge in [0.2, 0.25) is 5.91 Å². The smallest absolute Gasteiger partial charge is 0.227 e. The van der Waals surface area contributed by atoms with Crippen molar-refractivity contribution < 1.29 is 9.59 Å². The second-order valence-corrected chi connectivity index (χ2v) is 10.1. The molecule has 1 aliphatic rings. The Balaban J connectivity index is 0.00000176. The van der Waals surface area contributed by atoms with Gasteiger partial charge in [-0.15, -0.1) is 0 Å². The van der Waals surface area contributed by atoms with Gasteiger partial charge >= 0.3 is 0 Å². The third kappa shape index (κ3) is 6.91. The van der Waals surface area contributed by atoms with Crippen LogP contribution in [0.5, 0.6) is 0 Å². The molecule has 0 saturated heterocycles. The third-order valence-electron chi connectivity index (χ3n) is 5.67. The quantitative estimate of drug-likeness (QED) is 0.472. The molecule has 3 nitrogen and oxygen atoms in total. The minimum atomic E-state index is -0.206. The summed E-state index contributed by atoms with van der Waals surface area (Å²) in [5.74, 6) is 0.319. The maximum Gasteiger partial charge on any atom is 0.227 e. The number of Topliss-reactive ketones (excluding diaryl/α,β-unsaturated/α-hetero) is 1. The van der Waals surface area contributed by atoms with Gasteiger partial charge in [-0.05, 0) is 46.9 Å². The highest BCUT2D eigenvalue weighted by Crippen LogP contribution is 2.40. The molecule has 3 rings (SSSR count). The van der Waals surface area contributed by atoms with Gasteiger partial charge < -0.3 is 9.69 Å². The Labute approximate surface area is 194 Å². The number of carbonyl (C=O) groups excluding carboxylic acids is 2. The van der Waals surface area contributed by atoms with E-state index in [1.54, 1.807) is 6.92 Å². The van der Waals surface area contributed by atoms with Gasteiger partial charge in [0.15, 0.2) is 0 Å². The summed E-state index contributed by atoms with van der Waals surface area (Å²) in [5, 5.41) is 0. The highest BCUT2D eigenvalue weighted by Gasteiger charge is 2.33. The van der Waals surface area contributed by atoms with Crippen molar-refractivity contribution in [2.75, 3.05) is 4.90 Å². The number of rotatable bonds is 6. The molecule has 2 aromatic rings. The molecule has 1 heterocycles. The number of nitrogens with zero attached hydrogens (tertiary/aromatic N) is 1. The standard InChI is InChI=1S/C27H33NO2.C2H6/c1-20(29)16-26(2,3)19-27(4,5)17-25(30)28-18-23-12-7-6-10-21(23)14-15-22-11-8-9-13-24(22)28;1-2/h6-15H,16-19H2,1-5H3;1-2H3/b15-14-;. The number of hydrogen-bond acceptors (Lipinski definition) is 2. The van der Waals surface area contributed by atoms with Gasteiger partial charge in [-0.1, -0.05) is 96.2 Å². The molecule has 0 aliphatic carbocycles. The molecule has 1 amide bonds. The van der Waals surface area contributed by atoms with E-state index in [9.17, 15) is 9.59 Å². The molecule has 0 unspecified atom stereocenters. The lowest BCUT2D eigenvalue weighted by Crippen LogP contribution is -2.36. The third-order valence-corrected chi connectivity index (χ3v) is 5.67. The Kier molecular flexibility index (Phi) is 8.60. The van der Waals surface area contributed by atoms with Crippen LogP contribution in [-0.2, 0) is 16.1 Å². The summed E-state index contributed by atoms with van der Waals surface area (Å²) in [6.07, 6.45) is 6.01. The van der Waals surface area contributed by atoms with Crippen LogP contribution in [0.2, 0.25) is 0 Å². The van der Waals surface area contributed by atoms with E-state index in [-0.39, 0.29) is 22.5 Å². The van der Waals surface area contributed by atoms with Crippen LogP contribution >= 0.6 is 0 Å². The minimum absolute atomic E-state index is 0.121. The predicted octanol–water partition coefficient (Wildman–Crippen LogP) is 7.54. The summed E-state index contributed by atoms with van der Waals surface area (Å²) in [6.45, 7) is 14.7. The van der Waals surface area contributed by atoms with Crippen LogP contribution in [0, 0.1) is 10.8 Å². The van der Waals surface area contributed by atoms with Gasteiger partial charge in [-0.25, -0.2) is 0 Å². The lowest BCUT2D eigenvalue weighted by Gasteiger charge is -2.36. The summed E-state index contributed by atoms with van der Waals surface area (Å²) < 4.78 is 0. The zero-order chi connectivity index (χ0) is 23.9. The van der Waals surface area contributed by atoms with E-state index in [2.05, 4.69) is 58.0 Å². The van der Waals surface area contributed by atoms with Crippen molar-refractivity contribution in [3.05, 3.63) is 65.2 Å². The van der Waals surface area contributed by atoms with Crippen LogP contribution in [0.4, 0.5) is 5.69 Å². The number of hydrogen-bond donors (Lipinski definition) is 0. The van der Waals surface area contributed by atoms with Crippen LogP contribution in [0.1, 0.15) is 84.4 Å². The maximum absolute atomic E-state index is 13.6. The van der Waals surface area contributed by atoms with Gasteiger partial charge in [0.25, 0.3) is 0 Å². The lowest BCUT2D eigenvalue weighted by molar-refractivity contribution is -0.121. The first-order valence-electron chi connectivity index (χ1n) is 11.7. The molecule has 0 atom stereocenters. The first-order chi connectivity index (χ1) is 15.1. The Morgan fingerprint density at radius 3 is 2.00 bits per heavy atom. The number of anilines is 1. The molecule has 0 saturated carbocycles. The highest BCUT2D eigenvalue weighted by atomic mass is 16.2. The lowest BCUT2D eigenvalue weighted by atomic mass is 9.71. The fourth-order valence-electron chi connectivity index (χ4n) is 4.97. The SMILES string of the molecule is CC.CC(=O)CC(C)(C)CC(C)(C)CC(=O)N1Cc2ccccc2/C=C\c2ccccc21. The van der Waals surface area contributed by atoms with Crippen LogP contribution in [0.15, 0.2) is 48.5 Å². The zero-order valence-corrected chi connectivity index (χ0v) is 20.9. The van der Waals surface area contributed by atoms with E-state index in [0.29, 0.717) is 19.4 Å². The summed E-state index contributed by atoms with van der Waals surface area (Å²) in [6, 6.07) is 16.3. The second-order valence-electron chi connectivity index (χ2n) is 10.1. The molecule has 0 bridgehead atoms. The molecule has 0 fully saturated rings. The number of fused-ring (bicyclic) bond motifs is 2. The van der Waals surface area contributed by atoms with Crippen LogP contribution in [-0.4, -0.2) is 11.7 Å². The molecule has 0 spiro atoms. The molecule has 1 aliphatic heterocycles. The number of ketones is 1. The average molecular weight is 434 g/mol. The van der Waals surface area contributed by atoms with Crippen molar-refractivity contribution in [2.24, 2.45) is 10.8 Å². The molecule has 3 heteroatoms. The van der Waals surface area contributed by atoms with Crippen molar-refractivity contribution in [2.45, 2.75) is 74.3 Å². The van der Waals surface area contributed by atoms with E-state index >= 15 is 0 Å². The van der Waals surface area contributed by atoms with Crippen molar-refractivity contribution in [3.63, 3.8) is 0 Å². The van der Waals surface area contributed by atoms with Crippen LogP contribution in [0.25, 0.3) is 12.2 Å². The summed E-state index contributed by atoms with van der Waals surface area (Å²) in [5.41, 5.74) is 3.96. The van der Waals surface area contributed by atoms with Crippen LogP contribution < -0.4 is 4.90 Å². The Morgan fingerprint density at radius 1 is 0.812 bits per heavy atom. The summed E-state index contributed by atoms with van der Waals surface area (Å²) in [7, 11) is 0. The number of benzene rings is 2. The molecule has 0 N–H and O–H groups in total. The van der Waals surface area contributed by atoms with Crippen molar-refractivity contribution in [1.82, 2.24) is 0 Å². The first kappa shape index (κ1) is 25.6.